The van der Waals surface area contributed by atoms with Gasteiger partial charge in [-0.15, -0.1) is 0 Å². The minimum atomic E-state index is 0.861. The molecule has 1 nitrogen and oxygen atoms in total. The molecule has 0 radical (unpaired) electrons. The van der Waals surface area contributed by atoms with Crippen LogP contribution in [0, 0.1) is 11.8 Å². The maximum Gasteiger partial charge on any atom is 0.0124 e. The first kappa shape index (κ1) is 12.8. The highest BCUT2D eigenvalue weighted by atomic mass is 32.1. The lowest BCUT2D eigenvalue weighted by molar-refractivity contribution is 0.173. The fourth-order valence-electron chi connectivity index (χ4n) is 3.53. The van der Waals surface area contributed by atoms with E-state index in [-0.39, 0.29) is 0 Å². The molecule has 0 amide bonds. The third kappa shape index (κ3) is 3.16. The van der Waals surface area contributed by atoms with Crippen LogP contribution in [0.1, 0.15) is 51.9 Å². The van der Waals surface area contributed by atoms with Crippen molar-refractivity contribution in [2.45, 2.75) is 57.9 Å². The second-order valence-electron chi connectivity index (χ2n) is 5.84. The second-order valence-corrected chi connectivity index (χ2v) is 6.29. The highest BCUT2D eigenvalue weighted by molar-refractivity contribution is 7.80. The molecule has 0 aromatic heterocycles. The molecule has 2 fully saturated rings. The van der Waals surface area contributed by atoms with Gasteiger partial charge in [-0.2, -0.15) is 12.6 Å². The number of fused-ring (bicyclic) bond motifs is 1. The summed E-state index contributed by atoms with van der Waals surface area (Å²) in [5.74, 6) is 2.96. The van der Waals surface area contributed by atoms with Crippen molar-refractivity contribution in [3.63, 3.8) is 0 Å². The number of rotatable bonds is 5. The van der Waals surface area contributed by atoms with Crippen LogP contribution in [0.25, 0.3) is 0 Å². The van der Waals surface area contributed by atoms with Gasteiger partial charge in [0.15, 0.2) is 0 Å². The Hall–Kier alpha value is 0.310. The number of likely N-dealkylation sites (tertiary alicyclic amines) is 1. The van der Waals surface area contributed by atoms with Crippen LogP contribution in [-0.4, -0.2) is 29.8 Å². The molecule has 1 saturated carbocycles. The predicted octanol–water partition coefficient (Wildman–Crippen LogP) is 3.60. The number of nitrogens with zero attached hydrogens (tertiary/aromatic N) is 1. The molecule has 2 rings (SSSR count). The lowest BCUT2D eigenvalue weighted by Crippen LogP contribution is -2.35. The van der Waals surface area contributed by atoms with E-state index in [1.165, 1.54) is 58.0 Å². The van der Waals surface area contributed by atoms with Crippen LogP contribution in [0.5, 0.6) is 0 Å². The topological polar surface area (TPSA) is 3.24 Å². The van der Waals surface area contributed by atoms with E-state index in [0.29, 0.717) is 0 Å². The van der Waals surface area contributed by atoms with Crippen molar-refractivity contribution in [3.8, 4) is 0 Å². The third-order valence-corrected chi connectivity index (χ3v) is 4.91. The highest BCUT2D eigenvalue weighted by Gasteiger charge is 2.35. The van der Waals surface area contributed by atoms with Crippen molar-refractivity contribution in [3.05, 3.63) is 0 Å². The van der Waals surface area contributed by atoms with Gasteiger partial charge in [0.1, 0.15) is 0 Å². The number of hydrogen-bond donors (Lipinski definition) is 1. The predicted molar refractivity (Wildman–Crippen MR) is 74.2 cm³/mol. The van der Waals surface area contributed by atoms with Crippen molar-refractivity contribution >= 4 is 12.6 Å². The molecule has 0 spiro atoms. The summed E-state index contributed by atoms with van der Waals surface area (Å²) >= 11 is 4.32. The van der Waals surface area contributed by atoms with Crippen LogP contribution < -0.4 is 0 Å². The Morgan fingerprint density at radius 2 is 2.00 bits per heavy atom. The molecule has 2 aliphatic rings. The highest BCUT2D eigenvalue weighted by Crippen LogP contribution is 2.36. The average molecular weight is 241 g/mol. The van der Waals surface area contributed by atoms with Gasteiger partial charge in [-0.1, -0.05) is 19.8 Å². The molecular formula is C14H27NS. The minimum absolute atomic E-state index is 0.861. The van der Waals surface area contributed by atoms with E-state index in [4.69, 9.17) is 0 Å². The molecule has 3 atom stereocenters. The Balaban J connectivity index is 1.73. The fourth-order valence-corrected chi connectivity index (χ4v) is 3.97. The quantitative estimate of drug-likeness (QED) is 0.720. The van der Waals surface area contributed by atoms with E-state index in [2.05, 4.69) is 24.5 Å². The van der Waals surface area contributed by atoms with Crippen molar-refractivity contribution in [1.29, 1.82) is 0 Å². The molecule has 1 aliphatic carbocycles. The Morgan fingerprint density at radius 3 is 2.81 bits per heavy atom. The monoisotopic (exact) mass is 241 g/mol. The zero-order valence-electron chi connectivity index (χ0n) is 10.7. The Kier molecular flexibility index (Phi) is 5.02. The Labute approximate surface area is 106 Å². The van der Waals surface area contributed by atoms with Crippen LogP contribution in [0.3, 0.4) is 0 Å². The van der Waals surface area contributed by atoms with Gasteiger partial charge in [-0.3, -0.25) is 0 Å². The molecule has 0 N–H and O–H groups in total. The Morgan fingerprint density at radius 1 is 1.19 bits per heavy atom. The number of thiol groups is 1. The number of hydrogen-bond acceptors (Lipinski definition) is 2. The minimum Gasteiger partial charge on any atom is -0.300 e. The molecule has 1 heterocycles. The maximum absolute atomic E-state index is 4.32. The normalized spacial score (nSPS) is 32.6. The fraction of sp³-hybridized carbons (Fsp3) is 1.00. The van der Waals surface area contributed by atoms with Crippen molar-refractivity contribution in [2.75, 3.05) is 18.8 Å². The molecule has 0 aromatic rings. The van der Waals surface area contributed by atoms with Gasteiger partial charge < -0.3 is 4.90 Å². The first-order valence-corrected chi connectivity index (χ1v) is 7.79. The van der Waals surface area contributed by atoms with Gasteiger partial charge in [-0.25, -0.2) is 0 Å². The first-order chi connectivity index (χ1) is 7.81. The smallest absolute Gasteiger partial charge is 0.0124 e. The van der Waals surface area contributed by atoms with Gasteiger partial charge in [0.05, 0.1) is 0 Å². The van der Waals surface area contributed by atoms with Crippen molar-refractivity contribution < 1.29 is 0 Å². The van der Waals surface area contributed by atoms with E-state index in [9.17, 15) is 0 Å². The molecule has 16 heavy (non-hydrogen) atoms. The molecule has 1 aliphatic heterocycles. The summed E-state index contributed by atoms with van der Waals surface area (Å²) in [5.41, 5.74) is 0. The van der Waals surface area contributed by atoms with Crippen LogP contribution in [-0.2, 0) is 0 Å². The third-order valence-electron chi connectivity index (χ3n) is 4.66. The molecule has 0 aromatic carbocycles. The van der Waals surface area contributed by atoms with Gasteiger partial charge in [0, 0.05) is 6.04 Å². The van der Waals surface area contributed by atoms with E-state index >= 15 is 0 Å². The van der Waals surface area contributed by atoms with Crippen LogP contribution in [0.4, 0.5) is 0 Å². The van der Waals surface area contributed by atoms with Gasteiger partial charge in [0.25, 0.3) is 0 Å². The van der Waals surface area contributed by atoms with Gasteiger partial charge >= 0.3 is 0 Å². The molecule has 94 valence electrons. The SMILES string of the molecule is CC(CCS)CCN1CCC2CCCCC21. The summed E-state index contributed by atoms with van der Waals surface area (Å²) in [5, 5.41) is 0. The van der Waals surface area contributed by atoms with Crippen LogP contribution in [0.2, 0.25) is 0 Å². The van der Waals surface area contributed by atoms with Gasteiger partial charge in [0.2, 0.25) is 0 Å². The van der Waals surface area contributed by atoms with E-state index in [1.54, 1.807) is 0 Å². The average Bonchev–Trinajstić information content (AvgIpc) is 2.70. The first-order valence-electron chi connectivity index (χ1n) is 7.16. The molecule has 0 bridgehead atoms. The summed E-state index contributed by atoms with van der Waals surface area (Å²) in [4.78, 5) is 2.79. The summed E-state index contributed by atoms with van der Waals surface area (Å²) in [6.45, 7) is 5.10. The van der Waals surface area contributed by atoms with E-state index in [0.717, 1.165) is 23.6 Å². The van der Waals surface area contributed by atoms with E-state index < -0.39 is 0 Å². The van der Waals surface area contributed by atoms with Crippen molar-refractivity contribution in [1.82, 2.24) is 4.90 Å². The van der Waals surface area contributed by atoms with Crippen molar-refractivity contribution in [2.24, 2.45) is 11.8 Å². The summed E-state index contributed by atoms with van der Waals surface area (Å²) in [6.07, 6.45) is 10.1. The molecular weight excluding hydrogens is 214 g/mol. The van der Waals surface area contributed by atoms with Crippen LogP contribution in [0.15, 0.2) is 0 Å². The second kappa shape index (κ2) is 6.30. The largest absolute Gasteiger partial charge is 0.300 e. The summed E-state index contributed by atoms with van der Waals surface area (Å²) < 4.78 is 0. The molecule has 2 heteroatoms. The zero-order valence-corrected chi connectivity index (χ0v) is 11.6. The standard InChI is InChI=1S/C14H27NS/c1-12(8-11-16)6-9-15-10-7-13-4-2-3-5-14(13)15/h12-14,16H,2-11H2,1H3. The zero-order chi connectivity index (χ0) is 11.4. The lowest BCUT2D eigenvalue weighted by Gasteiger charge is -2.32. The summed E-state index contributed by atoms with van der Waals surface area (Å²) in [7, 11) is 0. The summed E-state index contributed by atoms with van der Waals surface area (Å²) in [6, 6.07) is 0.956. The lowest BCUT2D eigenvalue weighted by atomic mass is 9.85. The van der Waals surface area contributed by atoms with Gasteiger partial charge in [-0.05, 0) is 62.8 Å². The van der Waals surface area contributed by atoms with E-state index in [1.807, 2.05) is 0 Å². The maximum atomic E-state index is 4.32. The van der Waals surface area contributed by atoms with Crippen LogP contribution >= 0.6 is 12.6 Å². The molecule has 3 unspecified atom stereocenters. The Bertz CT molecular complexity index is 207. The molecule has 1 saturated heterocycles.